The highest BCUT2D eigenvalue weighted by atomic mass is 16.5. The van der Waals surface area contributed by atoms with E-state index in [1.54, 1.807) is 12.0 Å². The van der Waals surface area contributed by atoms with Gasteiger partial charge in [-0.3, -0.25) is 9.79 Å². The number of amides is 1. The minimum absolute atomic E-state index is 0.182. The van der Waals surface area contributed by atoms with Crippen molar-refractivity contribution in [3.05, 3.63) is 24.3 Å². The van der Waals surface area contributed by atoms with Gasteiger partial charge in [-0.2, -0.15) is 0 Å². The van der Waals surface area contributed by atoms with Crippen molar-refractivity contribution < 1.29 is 14.3 Å². The molecule has 1 aromatic carbocycles. The first-order valence-corrected chi connectivity index (χ1v) is 10.5. The Morgan fingerprint density at radius 2 is 2.00 bits per heavy atom. The fourth-order valence-corrected chi connectivity index (χ4v) is 3.70. The van der Waals surface area contributed by atoms with E-state index >= 15 is 0 Å². The van der Waals surface area contributed by atoms with E-state index in [1.165, 1.54) is 0 Å². The number of carbonyl (C=O) groups excluding carboxylic acids is 1. The Morgan fingerprint density at radius 1 is 1.24 bits per heavy atom. The average Bonchev–Trinajstić information content (AvgIpc) is 3.19. The van der Waals surface area contributed by atoms with E-state index in [0.717, 1.165) is 50.1 Å². The molecule has 0 radical (unpaired) electrons. The van der Waals surface area contributed by atoms with Crippen molar-refractivity contribution in [3.8, 4) is 5.75 Å². The molecule has 0 spiro atoms. The molecule has 29 heavy (non-hydrogen) atoms. The second kappa shape index (κ2) is 11.7. The largest absolute Gasteiger partial charge is 0.493 e. The Labute approximate surface area is 174 Å². The lowest BCUT2D eigenvalue weighted by atomic mass is 9.85. The first-order chi connectivity index (χ1) is 14.0. The fourth-order valence-electron chi connectivity index (χ4n) is 3.70. The van der Waals surface area contributed by atoms with Gasteiger partial charge < -0.3 is 25.0 Å². The van der Waals surface area contributed by atoms with E-state index < -0.39 is 0 Å². The lowest BCUT2D eigenvalue weighted by Gasteiger charge is -2.29. The molecule has 1 aliphatic carbocycles. The van der Waals surface area contributed by atoms with E-state index in [0.29, 0.717) is 25.7 Å². The highest BCUT2D eigenvalue weighted by molar-refractivity contribution is 5.94. The Balaban J connectivity index is 2.06. The fraction of sp³-hybridized carbons (Fsp3) is 0.636. The lowest BCUT2D eigenvalue weighted by molar-refractivity contribution is -0.138. The van der Waals surface area contributed by atoms with Crippen LogP contribution in [0.1, 0.15) is 39.0 Å². The zero-order valence-electron chi connectivity index (χ0n) is 18.3. The van der Waals surface area contributed by atoms with Gasteiger partial charge in [0, 0.05) is 52.5 Å². The second-order valence-corrected chi connectivity index (χ2v) is 7.73. The molecule has 0 bridgehead atoms. The van der Waals surface area contributed by atoms with Crippen molar-refractivity contribution in [3.63, 3.8) is 0 Å². The monoisotopic (exact) mass is 404 g/mol. The Morgan fingerprint density at radius 3 is 2.66 bits per heavy atom. The molecule has 1 aliphatic rings. The molecule has 162 valence electrons. The first kappa shape index (κ1) is 23.0. The van der Waals surface area contributed by atoms with Gasteiger partial charge in [0.15, 0.2) is 5.96 Å². The smallest absolute Gasteiger partial charge is 0.230 e. The molecule has 2 rings (SSSR count). The summed E-state index contributed by atoms with van der Waals surface area (Å²) in [7, 11) is 5.34. The third-order valence-corrected chi connectivity index (χ3v) is 5.16. The van der Waals surface area contributed by atoms with E-state index in [9.17, 15) is 4.79 Å². The van der Waals surface area contributed by atoms with Crippen molar-refractivity contribution in [1.82, 2.24) is 10.2 Å². The van der Waals surface area contributed by atoms with Crippen LogP contribution in [0.15, 0.2) is 29.3 Å². The van der Waals surface area contributed by atoms with Crippen LogP contribution in [0.4, 0.5) is 5.69 Å². The molecule has 7 heteroatoms. The topological polar surface area (TPSA) is 75.2 Å². The van der Waals surface area contributed by atoms with Gasteiger partial charge in [0.25, 0.3) is 0 Å². The molecule has 0 heterocycles. The zero-order chi connectivity index (χ0) is 21.1. The summed E-state index contributed by atoms with van der Waals surface area (Å²) in [6.07, 6.45) is 4.82. The maximum atomic E-state index is 12.8. The molecule has 1 amide bonds. The third kappa shape index (κ3) is 6.92. The molecule has 7 nitrogen and oxygen atoms in total. The molecular formula is C22H36N4O3. The Hall–Kier alpha value is -2.28. The number of aliphatic imine (C=N–C) groups is 1. The van der Waals surface area contributed by atoms with Crippen molar-refractivity contribution in [2.75, 3.05) is 52.8 Å². The SMILES string of the molecule is CCNC(=NCC1(C(=O)N(C)C)CCCC1)Nc1cccc(OCCCOC)c1. The van der Waals surface area contributed by atoms with Gasteiger partial charge in [0.05, 0.1) is 18.6 Å². The number of hydrogen-bond donors (Lipinski definition) is 2. The van der Waals surface area contributed by atoms with Crippen LogP contribution in [-0.4, -0.2) is 64.3 Å². The van der Waals surface area contributed by atoms with E-state index in [1.807, 2.05) is 45.3 Å². The van der Waals surface area contributed by atoms with Crippen molar-refractivity contribution in [2.24, 2.45) is 10.4 Å². The number of rotatable bonds is 10. The molecule has 0 saturated heterocycles. The molecule has 0 aromatic heterocycles. The molecular weight excluding hydrogens is 368 g/mol. The van der Waals surface area contributed by atoms with Crippen molar-refractivity contribution in [2.45, 2.75) is 39.0 Å². The maximum absolute atomic E-state index is 12.8. The van der Waals surface area contributed by atoms with Crippen LogP contribution >= 0.6 is 0 Å². The van der Waals surface area contributed by atoms with Crippen LogP contribution in [0.3, 0.4) is 0 Å². The number of carbonyl (C=O) groups is 1. The highest BCUT2D eigenvalue weighted by Gasteiger charge is 2.42. The standard InChI is InChI=1S/C22H36N4O3/c1-5-23-21(24-17-22(12-6-7-13-22)20(27)26(2)3)25-18-10-8-11-19(16-18)29-15-9-14-28-4/h8,10-11,16H,5-7,9,12-15,17H2,1-4H3,(H2,23,24,25). The van der Waals surface area contributed by atoms with Gasteiger partial charge >= 0.3 is 0 Å². The summed E-state index contributed by atoms with van der Waals surface area (Å²) >= 11 is 0. The molecule has 0 unspecified atom stereocenters. The van der Waals surface area contributed by atoms with Crippen LogP contribution in [0.2, 0.25) is 0 Å². The number of hydrogen-bond acceptors (Lipinski definition) is 4. The van der Waals surface area contributed by atoms with Gasteiger partial charge in [-0.25, -0.2) is 0 Å². The number of nitrogens with zero attached hydrogens (tertiary/aromatic N) is 2. The Kier molecular flexibility index (Phi) is 9.25. The van der Waals surface area contributed by atoms with E-state index in [4.69, 9.17) is 14.5 Å². The number of guanidine groups is 1. The van der Waals surface area contributed by atoms with Crippen LogP contribution < -0.4 is 15.4 Å². The number of methoxy groups -OCH3 is 1. The number of benzene rings is 1. The predicted octanol–water partition coefficient (Wildman–Crippen LogP) is 3.13. The van der Waals surface area contributed by atoms with Crippen LogP contribution in [-0.2, 0) is 9.53 Å². The normalized spacial score (nSPS) is 15.8. The number of ether oxygens (including phenoxy) is 2. The molecule has 2 N–H and O–H groups in total. The first-order valence-electron chi connectivity index (χ1n) is 10.5. The summed E-state index contributed by atoms with van der Waals surface area (Å²) in [6, 6.07) is 7.82. The van der Waals surface area contributed by atoms with Gasteiger partial charge in [-0.15, -0.1) is 0 Å². The molecule has 1 fully saturated rings. The van der Waals surface area contributed by atoms with Gasteiger partial charge in [-0.1, -0.05) is 18.9 Å². The summed E-state index contributed by atoms with van der Waals surface area (Å²) < 4.78 is 10.8. The van der Waals surface area contributed by atoms with Crippen LogP contribution in [0.5, 0.6) is 5.75 Å². The highest BCUT2D eigenvalue weighted by Crippen LogP contribution is 2.39. The van der Waals surface area contributed by atoms with Crippen molar-refractivity contribution >= 4 is 17.6 Å². The second-order valence-electron chi connectivity index (χ2n) is 7.73. The van der Waals surface area contributed by atoms with E-state index in [-0.39, 0.29) is 11.3 Å². The summed E-state index contributed by atoms with van der Waals surface area (Å²) in [4.78, 5) is 19.2. The maximum Gasteiger partial charge on any atom is 0.230 e. The summed E-state index contributed by atoms with van der Waals surface area (Å²) in [5.74, 6) is 1.67. The quantitative estimate of drug-likeness (QED) is 0.356. The van der Waals surface area contributed by atoms with Gasteiger partial charge in [-0.05, 0) is 31.9 Å². The summed E-state index contributed by atoms with van der Waals surface area (Å²) in [6.45, 7) is 4.56. The molecule has 1 aromatic rings. The third-order valence-electron chi connectivity index (χ3n) is 5.16. The number of anilines is 1. The molecule has 1 saturated carbocycles. The predicted molar refractivity (Wildman–Crippen MR) is 118 cm³/mol. The van der Waals surface area contributed by atoms with Crippen LogP contribution in [0, 0.1) is 5.41 Å². The average molecular weight is 405 g/mol. The van der Waals surface area contributed by atoms with Crippen LogP contribution in [0.25, 0.3) is 0 Å². The van der Waals surface area contributed by atoms with E-state index in [2.05, 4.69) is 10.6 Å². The Bertz CT molecular complexity index is 670. The minimum atomic E-state index is -0.377. The summed E-state index contributed by atoms with van der Waals surface area (Å²) in [5, 5.41) is 6.62. The lowest BCUT2D eigenvalue weighted by Crippen LogP contribution is -2.41. The molecule has 0 atom stereocenters. The van der Waals surface area contributed by atoms with Crippen molar-refractivity contribution in [1.29, 1.82) is 0 Å². The molecule has 0 aliphatic heterocycles. The van der Waals surface area contributed by atoms with Gasteiger partial charge in [0.1, 0.15) is 5.75 Å². The number of nitrogens with one attached hydrogen (secondary N) is 2. The zero-order valence-corrected chi connectivity index (χ0v) is 18.3. The summed E-state index contributed by atoms with van der Waals surface area (Å²) in [5.41, 5.74) is 0.520. The minimum Gasteiger partial charge on any atom is -0.493 e. The van der Waals surface area contributed by atoms with Gasteiger partial charge in [0.2, 0.25) is 5.91 Å².